The van der Waals surface area contributed by atoms with Crippen LogP contribution in [0.5, 0.6) is 5.75 Å². The largest absolute Gasteiger partial charge is 0.484 e. The molecule has 0 aliphatic heterocycles. The Kier molecular flexibility index (Phi) is 3.85. The van der Waals surface area contributed by atoms with Crippen LogP contribution >= 0.6 is 0 Å². The van der Waals surface area contributed by atoms with Crippen molar-refractivity contribution in [1.29, 1.82) is 0 Å². The molecule has 0 radical (unpaired) electrons. The molecule has 0 bridgehead atoms. The topological polar surface area (TPSA) is 74.2 Å². The highest BCUT2D eigenvalue weighted by Crippen LogP contribution is 2.19. The minimum absolute atomic E-state index is 0.124. The van der Waals surface area contributed by atoms with Crippen LogP contribution in [0.3, 0.4) is 0 Å². The Hall–Kier alpha value is -1.88. The van der Waals surface area contributed by atoms with Crippen LogP contribution in [0.1, 0.15) is 38.0 Å². The fourth-order valence-electron chi connectivity index (χ4n) is 1.53. The quantitative estimate of drug-likeness (QED) is 0.914. The second-order valence-electron chi connectivity index (χ2n) is 5.40. The molecule has 0 saturated carbocycles. The maximum absolute atomic E-state index is 5.61. The van der Waals surface area contributed by atoms with Crippen molar-refractivity contribution in [3.8, 4) is 5.75 Å². The lowest BCUT2D eigenvalue weighted by atomic mass is 9.96. The second kappa shape index (κ2) is 5.40. The molecule has 0 amide bonds. The van der Waals surface area contributed by atoms with E-state index in [4.69, 9.17) is 15.0 Å². The molecule has 102 valence electrons. The number of ether oxygens (including phenoxy) is 1. The molecule has 2 N–H and O–H groups in total. The van der Waals surface area contributed by atoms with E-state index in [9.17, 15) is 0 Å². The summed E-state index contributed by atoms with van der Waals surface area (Å²) in [5.74, 6) is 1.91. The summed E-state index contributed by atoms with van der Waals surface area (Å²) in [6.45, 7) is 6.86. The number of benzene rings is 1. The summed E-state index contributed by atoms with van der Waals surface area (Å²) in [7, 11) is 0. The highest BCUT2D eigenvalue weighted by Gasteiger charge is 2.20. The van der Waals surface area contributed by atoms with Gasteiger partial charge in [-0.25, -0.2) is 0 Å². The van der Waals surface area contributed by atoms with Gasteiger partial charge < -0.3 is 15.0 Å². The van der Waals surface area contributed by atoms with Crippen LogP contribution < -0.4 is 10.5 Å². The molecule has 0 saturated heterocycles. The molecule has 1 aromatic heterocycles. The van der Waals surface area contributed by atoms with E-state index in [0.29, 0.717) is 18.3 Å². The minimum atomic E-state index is -0.124. The molecular weight excluding hydrogens is 242 g/mol. The average molecular weight is 261 g/mol. The molecular formula is C14H19N3O2. The smallest absolute Gasteiger partial charge is 0.264 e. The van der Waals surface area contributed by atoms with E-state index in [0.717, 1.165) is 11.3 Å². The summed E-state index contributed by atoms with van der Waals surface area (Å²) in [5.41, 5.74) is 6.48. The lowest BCUT2D eigenvalue weighted by Crippen LogP contribution is -2.13. The van der Waals surface area contributed by atoms with E-state index in [1.54, 1.807) is 0 Å². The summed E-state index contributed by atoms with van der Waals surface area (Å²) in [5, 5.41) is 3.95. The van der Waals surface area contributed by atoms with Gasteiger partial charge in [-0.1, -0.05) is 38.1 Å². The molecule has 1 heterocycles. The van der Waals surface area contributed by atoms with E-state index in [1.807, 2.05) is 45.0 Å². The van der Waals surface area contributed by atoms with Crippen molar-refractivity contribution in [3.63, 3.8) is 0 Å². The Morgan fingerprint density at radius 3 is 2.74 bits per heavy atom. The monoisotopic (exact) mass is 261 g/mol. The van der Waals surface area contributed by atoms with Gasteiger partial charge in [0.1, 0.15) is 5.75 Å². The van der Waals surface area contributed by atoms with Gasteiger partial charge in [0.25, 0.3) is 5.89 Å². The zero-order valence-electron chi connectivity index (χ0n) is 11.5. The van der Waals surface area contributed by atoms with Crippen molar-refractivity contribution in [2.45, 2.75) is 39.3 Å². The number of rotatable bonds is 4. The summed E-state index contributed by atoms with van der Waals surface area (Å²) in [6.07, 6.45) is 0. The van der Waals surface area contributed by atoms with Crippen molar-refractivity contribution < 1.29 is 9.26 Å². The van der Waals surface area contributed by atoms with Crippen LogP contribution in [0, 0.1) is 0 Å². The van der Waals surface area contributed by atoms with Gasteiger partial charge in [0.05, 0.1) is 0 Å². The van der Waals surface area contributed by atoms with E-state index in [1.165, 1.54) is 0 Å². The first-order valence-electron chi connectivity index (χ1n) is 6.24. The molecule has 0 atom stereocenters. The van der Waals surface area contributed by atoms with Crippen molar-refractivity contribution in [2.75, 3.05) is 0 Å². The molecule has 5 nitrogen and oxygen atoms in total. The summed E-state index contributed by atoms with van der Waals surface area (Å²) < 4.78 is 10.8. The normalized spacial score (nSPS) is 11.6. The zero-order valence-corrected chi connectivity index (χ0v) is 11.5. The fraction of sp³-hybridized carbons (Fsp3) is 0.429. The zero-order chi connectivity index (χ0) is 13.9. The lowest BCUT2D eigenvalue weighted by molar-refractivity contribution is 0.241. The molecule has 0 fully saturated rings. The third-order valence-corrected chi connectivity index (χ3v) is 2.64. The lowest BCUT2D eigenvalue weighted by Gasteiger charge is -2.10. The molecule has 19 heavy (non-hydrogen) atoms. The molecule has 1 aromatic carbocycles. The molecule has 0 aliphatic carbocycles. The standard InChI is InChI=1S/C14H19N3O2/c1-14(2,3)13-16-12(19-17-13)9-18-11-6-4-5-10(7-11)8-15/h4-7H,8-9,15H2,1-3H3. The minimum Gasteiger partial charge on any atom is -0.484 e. The first-order chi connectivity index (χ1) is 8.99. The van der Waals surface area contributed by atoms with Crippen molar-refractivity contribution in [3.05, 3.63) is 41.5 Å². The Labute approximate surface area is 112 Å². The summed E-state index contributed by atoms with van der Waals surface area (Å²) in [6, 6.07) is 7.64. The number of nitrogens with zero attached hydrogens (tertiary/aromatic N) is 2. The van der Waals surface area contributed by atoms with Gasteiger partial charge >= 0.3 is 0 Å². The highest BCUT2D eigenvalue weighted by atomic mass is 16.5. The van der Waals surface area contributed by atoms with E-state index < -0.39 is 0 Å². The molecule has 2 rings (SSSR count). The van der Waals surface area contributed by atoms with Gasteiger partial charge in [-0.2, -0.15) is 4.98 Å². The predicted molar refractivity (Wildman–Crippen MR) is 71.7 cm³/mol. The van der Waals surface area contributed by atoms with Crippen molar-refractivity contribution in [2.24, 2.45) is 5.73 Å². The van der Waals surface area contributed by atoms with Crippen LogP contribution in [-0.4, -0.2) is 10.1 Å². The number of nitrogens with two attached hydrogens (primary N) is 1. The van der Waals surface area contributed by atoms with Gasteiger partial charge in [0.15, 0.2) is 12.4 Å². The third kappa shape index (κ3) is 3.54. The molecule has 5 heteroatoms. The van der Waals surface area contributed by atoms with Gasteiger partial charge in [0, 0.05) is 12.0 Å². The Morgan fingerprint density at radius 2 is 2.11 bits per heavy atom. The molecule has 2 aromatic rings. The van der Waals surface area contributed by atoms with Crippen LogP contribution in [0.25, 0.3) is 0 Å². The second-order valence-corrected chi connectivity index (χ2v) is 5.40. The van der Waals surface area contributed by atoms with Gasteiger partial charge in [-0.05, 0) is 17.7 Å². The maximum atomic E-state index is 5.61. The van der Waals surface area contributed by atoms with Crippen LogP contribution in [-0.2, 0) is 18.6 Å². The molecule has 0 unspecified atom stereocenters. The van der Waals surface area contributed by atoms with Crippen LogP contribution in [0.15, 0.2) is 28.8 Å². The Morgan fingerprint density at radius 1 is 1.32 bits per heavy atom. The number of hydrogen-bond acceptors (Lipinski definition) is 5. The molecule has 0 aliphatic rings. The van der Waals surface area contributed by atoms with Crippen molar-refractivity contribution in [1.82, 2.24) is 10.1 Å². The first-order valence-corrected chi connectivity index (χ1v) is 6.24. The average Bonchev–Trinajstić information content (AvgIpc) is 2.85. The SMILES string of the molecule is CC(C)(C)c1noc(COc2cccc(CN)c2)n1. The van der Waals surface area contributed by atoms with Crippen molar-refractivity contribution >= 4 is 0 Å². The number of aromatic nitrogens is 2. The number of hydrogen-bond donors (Lipinski definition) is 1. The first kappa shape index (κ1) is 13.5. The van der Waals surface area contributed by atoms with E-state index >= 15 is 0 Å². The van der Waals surface area contributed by atoms with Gasteiger partial charge in [-0.15, -0.1) is 0 Å². The Balaban J connectivity index is 2.00. The summed E-state index contributed by atoms with van der Waals surface area (Å²) >= 11 is 0. The summed E-state index contributed by atoms with van der Waals surface area (Å²) in [4.78, 5) is 4.31. The molecule has 0 spiro atoms. The predicted octanol–water partition coefficient (Wildman–Crippen LogP) is 2.40. The van der Waals surface area contributed by atoms with Crippen LogP contribution in [0.2, 0.25) is 0 Å². The highest BCUT2D eigenvalue weighted by molar-refractivity contribution is 5.28. The maximum Gasteiger partial charge on any atom is 0.264 e. The van der Waals surface area contributed by atoms with Gasteiger partial charge in [0.2, 0.25) is 0 Å². The third-order valence-electron chi connectivity index (χ3n) is 2.64. The Bertz CT molecular complexity index is 544. The van der Waals surface area contributed by atoms with Gasteiger partial charge in [-0.3, -0.25) is 0 Å². The fourth-order valence-corrected chi connectivity index (χ4v) is 1.53. The van der Waals surface area contributed by atoms with E-state index in [2.05, 4.69) is 10.1 Å². The van der Waals surface area contributed by atoms with Crippen LogP contribution in [0.4, 0.5) is 0 Å². The van der Waals surface area contributed by atoms with E-state index in [-0.39, 0.29) is 12.0 Å².